The highest BCUT2D eigenvalue weighted by atomic mass is 16.5. The Kier molecular flexibility index (Phi) is 5.41. The van der Waals surface area contributed by atoms with Crippen LogP contribution in [0.5, 0.6) is 0 Å². The molecule has 4 aromatic rings. The van der Waals surface area contributed by atoms with Gasteiger partial charge in [0.05, 0.1) is 25.3 Å². The average Bonchev–Trinajstić information content (AvgIpc) is 3.29. The first-order chi connectivity index (χ1) is 15.4. The SMILES string of the molecule is COC(=O)c1cnc2c(c1)nc(N)n2C/C=C/Cn1c(N)nc2cc(C(=O)OC)cnc21. The topological polar surface area (TPSA) is 166 Å². The number of nitrogens with zero attached hydrogens (tertiary/aromatic N) is 6. The molecule has 4 heterocycles. The van der Waals surface area contributed by atoms with E-state index >= 15 is 0 Å². The van der Waals surface area contributed by atoms with E-state index < -0.39 is 11.9 Å². The molecule has 0 aliphatic carbocycles. The lowest BCUT2D eigenvalue weighted by atomic mass is 10.3. The smallest absolute Gasteiger partial charge is 0.339 e. The van der Waals surface area contributed by atoms with Crippen molar-refractivity contribution in [3.05, 3.63) is 47.8 Å². The number of imidazole rings is 2. The maximum absolute atomic E-state index is 11.7. The van der Waals surface area contributed by atoms with E-state index in [1.165, 1.54) is 26.6 Å². The quantitative estimate of drug-likeness (QED) is 0.331. The molecule has 0 unspecified atom stereocenters. The third-order valence-corrected chi connectivity index (χ3v) is 4.81. The molecule has 0 saturated carbocycles. The van der Waals surface area contributed by atoms with Crippen LogP contribution in [0.15, 0.2) is 36.7 Å². The lowest BCUT2D eigenvalue weighted by molar-refractivity contribution is 0.0591. The van der Waals surface area contributed by atoms with Gasteiger partial charge < -0.3 is 20.9 Å². The molecule has 4 N–H and O–H groups in total. The van der Waals surface area contributed by atoms with Crippen molar-refractivity contribution in [1.29, 1.82) is 0 Å². The van der Waals surface area contributed by atoms with E-state index in [9.17, 15) is 9.59 Å². The van der Waals surface area contributed by atoms with Gasteiger partial charge in [-0.15, -0.1) is 0 Å². The van der Waals surface area contributed by atoms with Crippen molar-refractivity contribution < 1.29 is 19.1 Å². The minimum absolute atomic E-state index is 0.267. The van der Waals surface area contributed by atoms with Crippen molar-refractivity contribution in [3.63, 3.8) is 0 Å². The van der Waals surface area contributed by atoms with Gasteiger partial charge in [-0.1, -0.05) is 12.2 Å². The Morgan fingerprint density at radius 1 is 0.844 bits per heavy atom. The van der Waals surface area contributed by atoms with E-state index in [0.29, 0.717) is 46.5 Å². The molecule has 4 rings (SSSR count). The van der Waals surface area contributed by atoms with Gasteiger partial charge in [0.1, 0.15) is 11.0 Å². The van der Waals surface area contributed by atoms with Crippen LogP contribution < -0.4 is 11.5 Å². The number of aromatic nitrogens is 6. The van der Waals surface area contributed by atoms with Crippen LogP contribution in [0.1, 0.15) is 20.7 Å². The predicted molar refractivity (Wildman–Crippen MR) is 116 cm³/mol. The molecule has 164 valence electrons. The molecule has 12 heteroatoms. The molecule has 0 amide bonds. The summed E-state index contributed by atoms with van der Waals surface area (Å²) in [6, 6.07) is 3.16. The fraction of sp³-hybridized carbons (Fsp3) is 0.200. The third-order valence-electron chi connectivity index (χ3n) is 4.81. The number of rotatable bonds is 6. The lowest BCUT2D eigenvalue weighted by Gasteiger charge is -2.04. The first kappa shape index (κ1) is 20.8. The van der Waals surface area contributed by atoms with Gasteiger partial charge in [-0.25, -0.2) is 29.5 Å². The third kappa shape index (κ3) is 3.69. The van der Waals surface area contributed by atoms with Gasteiger partial charge in [-0.2, -0.15) is 0 Å². The van der Waals surface area contributed by atoms with Crippen molar-refractivity contribution in [2.75, 3.05) is 25.7 Å². The number of hydrogen-bond donors (Lipinski definition) is 2. The zero-order chi connectivity index (χ0) is 22.8. The van der Waals surface area contributed by atoms with Crippen LogP contribution in [0, 0.1) is 0 Å². The van der Waals surface area contributed by atoms with Crippen LogP contribution in [0.25, 0.3) is 22.3 Å². The predicted octanol–water partition coefficient (Wildman–Crippen LogP) is 1.17. The monoisotopic (exact) mass is 436 g/mol. The van der Waals surface area contributed by atoms with Gasteiger partial charge in [0, 0.05) is 25.5 Å². The highest BCUT2D eigenvalue weighted by Gasteiger charge is 2.14. The zero-order valence-electron chi connectivity index (χ0n) is 17.3. The highest BCUT2D eigenvalue weighted by molar-refractivity contribution is 5.93. The Balaban J connectivity index is 1.53. The number of esters is 2. The van der Waals surface area contributed by atoms with Crippen LogP contribution >= 0.6 is 0 Å². The van der Waals surface area contributed by atoms with Crippen LogP contribution in [0.3, 0.4) is 0 Å². The summed E-state index contributed by atoms with van der Waals surface area (Å²) in [5.74, 6) is -0.456. The number of carbonyl (C=O) groups excluding carboxylic acids is 2. The van der Waals surface area contributed by atoms with E-state index in [-0.39, 0.29) is 11.9 Å². The van der Waals surface area contributed by atoms with Gasteiger partial charge in [0.15, 0.2) is 11.3 Å². The Morgan fingerprint density at radius 2 is 1.25 bits per heavy atom. The van der Waals surface area contributed by atoms with Crippen LogP contribution in [0.2, 0.25) is 0 Å². The Bertz CT molecular complexity index is 1270. The molecule has 0 aromatic carbocycles. The normalized spacial score (nSPS) is 11.4. The summed E-state index contributed by atoms with van der Waals surface area (Å²) in [6.07, 6.45) is 6.59. The molecular formula is C20H20N8O4. The molecule has 0 bridgehead atoms. The number of hydrogen-bond acceptors (Lipinski definition) is 10. The van der Waals surface area contributed by atoms with E-state index in [1.54, 1.807) is 21.3 Å². The van der Waals surface area contributed by atoms with Gasteiger partial charge >= 0.3 is 11.9 Å². The number of anilines is 2. The summed E-state index contributed by atoms with van der Waals surface area (Å²) in [7, 11) is 2.60. The fourth-order valence-electron chi connectivity index (χ4n) is 3.24. The molecule has 0 aliphatic heterocycles. The molecular weight excluding hydrogens is 416 g/mol. The van der Waals surface area contributed by atoms with Crippen molar-refractivity contribution in [1.82, 2.24) is 29.1 Å². The van der Waals surface area contributed by atoms with Gasteiger partial charge in [-0.3, -0.25) is 9.13 Å². The molecule has 32 heavy (non-hydrogen) atoms. The molecule has 0 spiro atoms. The standard InChI is InChI=1S/C20H20N8O4/c1-31-17(29)11-7-13-15(23-9-11)27(19(21)25-13)5-3-4-6-28-16-14(26-20(28)22)8-12(10-24-16)18(30)32-2/h3-4,7-10H,5-6H2,1-2H3,(H2,21,25)(H2,22,26)/b4-3+. The highest BCUT2D eigenvalue weighted by Crippen LogP contribution is 2.19. The Labute approximate surface area is 181 Å². The molecule has 0 atom stereocenters. The summed E-state index contributed by atoms with van der Waals surface area (Å²) in [4.78, 5) is 40.4. The lowest BCUT2D eigenvalue weighted by Crippen LogP contribution is -2.05. The van der Waals surface area contributed by atoms with Crippen LogP contribution in [-0.2, 0) is 22.6 Å². The summed E-state index contributed by atoms with van der Waals surface area (Å²) in [6.45, 7) is 0.804. The van der Waals surface area contributed by atoms with Crippen molar-refractivity contribution in [3.8, 4) is 0 Å². The summed E-state index contributed by atoms with van der Waals surface area (Å²) in [5, 5.41) is 0. The second-order valence-corrected chi connectivity index (χ2v) is 6.75. The molecule has 12 nitrogen and oxygen atoms in total. The first-order valence-electron chi connectivity index (χ1n) is 9.48. The zero-order valence-corrected chi connectivity index (χ0v) is 17.3. The number of nitrogens with two attached hydrogens (primary N) is 2. The van der Waals surface area contributed by atoms with Gasteiger partial charge in [0.2, 0.25) is 11.9 Å². The maximum atomic E-state index is 11.7. The second-order valence-electron chi connectivity index (χ2n) is 6.75. The minimum atomic E-state index is -0.495. The largest absolute Gasteiger partial charge is 0.465 e. The van der Waals surface area contributed by atoms with Crippen LogP contribution in [0.4, 0.5) is 11.9 Å². The first-order valence-corrected chi connectivity index (χ1v) is 9.48. The van der Waals surface area contributed by atoms with Crippen molar-refractivity contribution >= 4 is 46.2 Å². The maximum Gasteiger partial charge on any atom is 0.339 e. The number of allylic oxidation sites excluding steroid dienone is 2. The molecule has 0 aliphatic rings. The van der Waals surface area contributed by atoms with Crippen molar-refractivity contribution in [2.24, 2.45) is 0 Å². The number of pyridine rings is 2. The number of fused-ring (bicyclic) bond motifs is 2. The number of carbonyl (C=O) groups is 2. The summed E-state index contributed by atoms with van der Waals surface area (Å²) < 4.78 is 12.8. The molecule has 0 fully saturated rings. The summed E-state index contributed by atoms with van der Waals surface area (Å²) in [5.41, 5.74) is 14.7. The number of ether oxygens (including phenoxy) is 2. The molecule has 4 aromatic heterocycles. The van der Waals surface area contributed by atoms with Gasteiger partial charge in [-0.05, 0) is 12.1 Å². The minimum Gasteiger partial charge on any atom is -0.465 e. The van der Waals surface area contributed by atoms with Crippen LogP contribution in [-0.4, -0.2) is 55.2 Å². The fourth-order valence-corrected chi connectivity index (χ4v) is 3.24. The molecule has 0 radical (unpaired) electrons. The van der Waals surface area contributed by atoms with Gasteiger partial charge in [0.25, 0.3) is 0 Å². The van der Waals surface area contributed by atoms with Crippen molar-refractivity contribution in [2.45, 2.75) is 13.1 Å². The Hall–Kier alpha value is -4.48. The van der Waals surface area contributed by atoms with E-state index in [0.717, 1.165) is 0 Å². The second kappa shape index (κ2) is 8.34. The van der Waals surface area contributed by atoms with E-state index in [4.69, 9.17) is 20.9 Å². The average molecular weight is 436 g/mol. The molecule has 0 saturated heterocycles. The number of nitrogen functional groups attached to an aromatic ring is 2. The summed E-state index contributed by atoms with van der Waals surface area (Å²) >= 11 is 0. The number of methoxy groups -OCH3 is 2. The van der Waals surface area contributed by atoms with E-state index in [2.05, 4.69) is 19.9 Å². The Morgan fingerprint density at radius 3 is 1.62 bits per heavy atom. The van der Waals surface area contributed by atoms with E-state index in [1.807, 2.05) is 12.2 Å².